The molecule has 9 rings (SSSR count). The van der Waals surface area contributed by atoms with Crippen molar-refractivity contribution < 1.29 is 87.0 Å². The van der Waals surface area contributed by atoms with Gasteiger partial charge in [-0.2, -0.15) is 0 Å². The van der Waals surface area contributed by atoms with E-state index in [1.165, 1.54) is 30.4 Å². The van der Waals surface area contributed by atoms with Crippen molar-refractivity contribution in [1.82, 2.24) is 0 Å². The second-order valence-corrected chi connectivity index (χ2v) is 19.3. The fourth-order valence-electron chi connectivity index (χ4n) is 10.7. The summed E-state index contributed by atoms with van der Waals surface area (Å²) in [5, 5.41) is 47.6. The first-order valence-electron chi connectivity index (χ1n) is 23.1. The van der Waals surface area contributed by atoms with Gasteiger partial charge in [-0.3, -0.25) is 24.0 Å². The topological polar surface area (TPSA) is 249 Å². The minimum Gasteiger partial charge on any atom is -0.507 e. The zero-order valence-electron chi connectivity index (χ0n) is 38.2. The van der Waals surface area contributed by atoms with Crippen LogP contribution in [0.25, 0.3) is 0 Å². The molecule has 5 heterocycles. The van der Waals surface area contributed by atoms with Crippen molar-refractivity contribution in [3.63, 3.8) is 0 Å². The Morgan fingerprint density at radius 2 is 1.30 bits per heavy atom. The molecule has 4 fully saturated rings. The van der Waals surface area contributed by atoms with Crippen LogP contribution in [0.5, 0.6) is 5.75 Å². The van der Waals surface area contributed by atoms with E-state index in [0.29, 0.717) is 25.7 Å². The van der Waals surface area contributed by atoms with Crippen molar-refractivity contribution in [1.29, 1.82) is 0 Å². The number of ether oxygens (including phenoxy) is 9. The molecule has 1 aromatic carbocycles. The van der Waals surface area contributed by atoms with Gasteiger partial charge in [0.2, 0.25) is 0 Å². The van der Waals surface area contributed by atoms with Crippen molar-refractivity contribution >= 4 is 28.9 Å². The lowest BCUT2D eigenvalue weighted by atomic mass is 9.57. The maximum absolute atomic E-state index is 14.4. The summed E-state index contributed by atoms with van der Waals surface area (Å²) < 4.78 is 54.4. The molecule has 8 aliphatic rings. The second-order valence-electron chi connectivity index (χ2n) is 19.3. The van der Waals surface area contributed by atoms with Crippen LogP contribution in [0.2, 0.25) is 0 Å². The van der Waals surface area contributed by atoms with Gasteiger partial charge in [0, 0.05) is 48.8 Å². The quantitative estimate of drug-likeness (QED) is 0.277. The lowest BCUT2D eigenvalue weighted by Gasteiger charge is -2.53. The van der Waals surface area contributed by atoms with Gasteiger partial charge in [-0.05, 0) is 90.8 Å². The molecule has 0 unspecified atom stereocenters. The SMILES string of the molecule is C[C@@H]1O[C@@H](O[C@H]2CC[C@H](O[C@H]3[C@H](O)C[C@H](c4ccc5c(c4O)C(=O)C4=C(C5=O)[C@@]5(O)C(=O)C[C@](C)(O[C@@H]6CC[C@H](O[C@H]7C=CC(=O)[C@H](C)O7)[C@H](C)O6)C[C@@]5(O)C=C4)O[C@H]3C)O[C@H]2C)C=CC1=O. The minimum atomic E-state index is -2.83. The summed E-state index contributed by atoms with van der Waals surface area (Å²) in [5.41, 5.74) is -8.05. The predicted octanol–water partition coefficient (Wildman–Crippen LogP) is 3.39. The van der Waals surface area contributed by atoms with Crippen LogP contribution in [0.3, 0.4) is 0 Å². The van der Waals surface area contributed by atoms with E-state index >= 15 is 0 Å². The van der Waals surface area contributed by atoms with Gasteiger partial charge in [0.15, 0.2) is 59.7 Å². The molecule has 17 atom stereocenters. The molecule has 5 aliphatic heterocycles. The smallest absolute Gasteiger partial charge is 0.198 e. The minimum absolute atomic E-state index is 0.0512. The maximum Gasteiger partial charge on any atom is 0.198 e. The number of aromatic hydroxyl groups is 1. The van der Waals surface area contributed by atoms with Crippen LogP contribution < -0.4 is 0 Å². The first-order chi connectivity index (χ1) is 31.7. The Morgan fingerprint density at radius 3 is 1.88 bits per heavy atom. The van der Waals surface area contributed by atoms with Crippen LogP contribution >= 0.6 is 0 Å². The summed E-state index contributed by atoms with van der Waals surface area (Å²) in [6, 6.07) is 2.70. The number of fused-ring (bicyclic) bond motifs is 3. The number of carbonyl (C=O) groups excluding carboxylic acids is 5. The van der Waals surface area contributed by atoms with Gasteiger partial charge in [-0.15, -0.1) is 0 Å². The van der Waals surface area contributed by atoms with Crippen molar-refractivity contribution in [3.05, 3.63) is 76.4 Å². The summed E-state index contributed by atoms with van der Waals surface area (Å²) in [6.45, 7) is 10.2. The number of Topliss-reactive ketones (excluding diaryl/α,β-unsaturated/α-hetero) is 3. The van der Waals surface area contributed by atoms with Gasteiger partial charge in [0.1, 0.15) is 29.7 Å². The number of phenols is 1. The average molecular weight is 935 g/mol. The van der Waals surface area contributed by atoms with Crippen molar-refractivity contribution in [2.75, 3.05) is 0 Å². The Kier molecular flexibility index (Phi) is 12.9. The molecule has 3 saturated heterocycles. The third-order valence-electron chi connectivity index (χ3n) is 14.4. The van der Waals surface area contributed by atoms with E-state index in [-0.39, 0.29) is 52.8 Å². The van der Waals surface area contributed by atoms with E-state index < -0.39 is 132 Å². The summed E-state index contributed by atoms with van der Waals surface area (Å²) in [6.07, 6.45) is -0.115. The number of hydrogen-bond donors (Lipinski definition) is 4. The third kappa shape index (κ3) is 8.67. The molecule has 0 amide bonds. The highest BCUT2D eigenvalue weighted by molar-refractivity contribution is 6.32. The fraction of sp³-hybridized carbons (Fsp3) is 0.612. The highest BCUT2D eigenvalue weighted by Gasteiger charge is 2.67. The lowest BCUT2D eigenvalue weighted by Crippen LogP contribution is -2.69. The first kappa shape index (κ1) is 47.9. The number of benzene rings is 1. The summed E-state index contributed by atoms with van der Waals surface area (Å²) in [4.78, 5) is 66.5. The van der Waals surface area contributed by atoms with Crippen LogP contribution in [-0.4, -0.2) is 146 Å². The normalized spacial score (nSPS) is 43.3. The number of aliphatic hydroxyl groups excluding tert-OH is 1. The van der Waals surface area contributed by atoms with Crippen LogP contribution in [0.4, 0.5) is 0 Å². The Bertz CT molecular complexity index is 2320. The van der Waals surface area contributed by atoms with Crippen molar-refractivity contribution in [2.24, 2.45) is 0 Å². The van der Waals surface area contributed by atoms with E-state index in [9.17, 15) is 44.4 Å². The zero-order chi connectivity index (χ0) is 47.9. The Hall–Kier alpha value is -4.15. The molecule has 0 spiro atoms. The molecule has 1 aromatic rings. The Balaban J connectivity index is 0.843. The van der Waals surface area contributed by atoms with E-state index in [1.54, 1.807) is 46.8 Å². The largest absolute Gasteiger partial charge is 0.507 e. The Labute approximate surface area is 386 Å². The van der Waals surface area contributed by atoms with Gasteiger partial charge in [-0.25, -0.2) is 0 Å². The molecule has 0 bridgehead atoms. The zero-order valence-corrected chi connectivity index (χ0v) is 38.2. The van der Waals surface area contributed by atoms with Gasteiger partial charge in [0.05, 0.1) is 59.5 Å². The Morgan fingerprint density at radius 1 is 0.701 bits per heavy atom. The molecule has 18 heteroatoms. The molecule has 3 aliphatic carbocycles. The molecule has 18 nitrogen and oxygen atoms in total. The van der Waals surface area contributed by atoms with E-state index in [2.05, 4.69) is 0 Å². The van der Waals surface area contributed by atoms with Crippen molar-refractivity contribution in [3.8, 4) is 5.75 Å². The molecule has 67 heavy (non-hydrogen) atoms. The summed E-state index contributed by atoms with van der Waals surface area (Å²) >= 11 is 0. The van der Waals surface area contributed by atoms with Crippen LogP contribution in [0.1, 0.15) is 119 Å². The molecular formula is C49H58O18. The highest BCUT2D eigenvalue weighted by atomic mass is 16.7. The number of rotatable bonds is 9. The van der Waals surface area contributed by atoms with Crippen LogP contribution in [0, 0.1) is 0 Å². The lowest BCUT2D eigenvalue weighted by molar-refractivity contribution is -0.292. The van der Waals surface area contributed by atoms with E-state index in [0.717, 1.165) is 6.08 Å². The number of aliphatic hydroxyl groups is 3. The standard InChI is InChI=1S/C49H58O18/c1-22-30(50)9-13-37(60-22)64-33-11-15-39(62-24(33)3)66-46-26(5)59-35(19-32(46)52)27-7-8-28-41(43(27)54)44(55)29-17-18-48(57)21-47(6,20-36(53)49(48,58)42(29)45(28)56)67-40-16-12-34(25(4)63-40)65-38-14-10-31(51)23(2)61-38/h7-10,13-14,17-18,22-26,32-35,37-40,46,52,54,57-58H,11-12,15-16,19-21H2,1-6H3/t22-,23-,24-,25-,26-,32+,33-,34-,35+,37-,38-,39-,40+,46+,47-,48-,49-/m0/s1. The molecule has 1 saturated carbocycles. The molecule has 0 aromatic heterocycles. The van der Waals surface area contributed by atoms with E-state index in [4.69, 9.17) is 42.6 Å². The first-order valence-corrected chi connectivity index (χ1v) is 23.1. The number of phenolic OH excluding ortho intramolecular Hbond substituents is 1. The van der Waals surface area contributed by atoms with Gasteiger partial charge in [0.25, 0.3) is 0 Å². The second kappa shape index (κ2) is 18.0. The monoisotopic (exact) mass is 934 g/mol. The van der Waals surface area contributed by atoms with Gasteiger partial charge < -0.3 is 63.1 Å². The fourth-order valence-corrected chi connectivity index (χ4v) is 10.7. The number of allylic oxidation sites excluding steroid dienone is 2. The molecule has 362 valence electrons. The van der Waals surface area contributed by atoms with Crippen LogP contribution in [0.15, 0.2) is 59.7 Å². The van der Waals surface area contributed by atoms with Crippen LogP contribution in [-0.2, 0) is 57.0 Å². The van der Waals surface area contributed by atoms with E-state index in [1.807, 2.05) is 6.92 Å². The number of hydrogen-bond acceptors (Lipinski definition) is 18. The van der Waals surface area contributed by atoms with Gasteiger partial charge >= 0.3 is 0 Å². The number of carbonyl (C=O) groups is 5. The molecular weight excluding hydrogens is 877 g/mol. The highest BCUT2D eigenvalue weighted by Crippen LogP contribution is 2.53. The third-order valence-corrected chi connectivity index (χ3v) is 14.4. The van der Waals surface area contributed by atoms with Crippen molar-refractivity contribution in [2.45, 2.75) is 189 Å². The molecule has 4 N–H and O–H groups in total. The summed E-state index contributed by atoms with van der Waals surface area (Å²) in [7, 11) is 0. The average Bonchev–Trinajstić information content (AvgIpc) is 3.26. The number of ketones is 5. The predicted molar refractivity (Wildman–Crippen MR) is 229 cm³/mol. The summed E-state index contributed by atoms with van der Waals surface area (Å²) in [5.74, 6) is -3.57. The van der Waals surface area contributed by atoms with Gasteiger partial charge in [-0.1, -0.05) is 12.1 Å². The maximum atomic E-state index is 14.4. The molecule has 0 radical (unpaired) electrons.